The molecule has 0 spiro atoms. The maximum absolute atomic E-state index is 12.7. The molecule has 2 heterocycles. The lowest BCUT2D eigenvalue weighted by Gasteiger charge is -2.22. The van der Waals surface area contributed by atoms with E-state index < -0.39 is 0 Å². The number of rotatable bonds is 2. The monoisotopic (exact) mass is 404 g/mol. The van der Waals surface area contributed by atoms with E-state index in [0.717, 1.165) is 0 Å². The number of halogens is 1. The zero-order chi connectivity index (χ0) is 20.3. The van der Waals surface area contributed by atoms with Crippen molar-refractivity contribution in [3.63, 3.8) is 0 Å². The van der Waals surface area contributed by atoms with Gasteiger partial charge in [-0.15, -0.1) is 0 Å². The van der Waals surface area contributed by atoms with E-state index in [2.05, 4.69) is 10.5 Å². The van der Waals surface area contributed by atoms with Crippen LogP contribution in [0.3, 0.4) is 0 Å². The minimum atomic E-state index is -0.241. The van der Waals surface area contributed by atoms with Crippen LogP contribution in [0.1, 0.15) is 43.3 Å². The molecular weight excluding hydrogens is 380 g/mol. The van der Waals surface area contributed by atoms with Gasteiger partial charge >= 0.3 is 6.03 Å². The Bertz CT molecular complexity index is 842. The van der Waals surface area contributed by atoms with Gasteiger partial charge in [0.2, 0.25) is 0 Å². The number of anilines is 1. The third-order valence-electron chi connectivity index (χ3n) is 4.65. The Labute approximate surface area is 169 Å². The van der Waals surface area contributed by atoms with Crippen molar-refractivity contribution in [3.8, 4) is 0 Å². The molecule has 7 nitrogen and oxygen atoms in total. The van der Waals surface area contributed by atoms with E-state index >= 15 is 0 Å². The number of amides is 3. The maximum atomic E-state index is 12.7. The third kappa shape index (κ3) is 4.84. The first kappa shape index (κ1) is 20.2. The molecule has 1 aliphatic rings. The molecule has 1 aliphatic heterocycles. The van der Waals surface area contributed by atoms with Gasteiger partial charge in [0.1, 0.15) is 5.76 Å². The standard InChI is InChI=1S/C20H25ClN4O3/c1-20(2,3)16-13-17(23-28-16)22-19(27)25-10-4-9-24(11-12-25)18(26)14-5-7-15(21)8-6-14/h5-8,13H,4,9-12H2,1-3H3,(H,22,23,27). The van der Waals surface area contributed by atoms with Gasteiger partial charge in [-0.05, 0) is 30.7 Å². The number of nitrogens with one attached hydrogen (secondary N) is 1. The predicted molar refractivity (Wildman–Crippen MR) is 108 cm³/mol. The van der Waals surface area contributed by atoms with Crippen LogP contribution >= 0.6 is 11.6 Å². The van der Waals surface area contributed by atoms with Crippen LogP contribution in [-0.4, -0.2) is 53.1 Å². The number of nitrogens with zero attached hydrogens (tertiary/aromatic N) is 3. The summed E-state index contributed by atoms with van der Waals surface area (Å²) in [7, 11) is 0. The summed E-state index contributed by atoms with van der Waals surface area (Å²) >= 11 is 5.89. The van der Waals surface area contributed by atoms with Gasteiger partial charge in [-0.1, -0.05) is 37.5 Å². The topological polar surface area (TPSA) is 78.7 Å². The second-order valence-electron chi connectivity index (χ2n) is 7.90. The molecule has 0 aliphatic carbocycles. The first-order valence-electron chi connectivity index (χ1n) is 9.32. The van der Waals surface area contributed by atoms with Crippen LogP contribution in [0.5, 0.6) is 0 Å². The third-order valence-corrected chi connectivity index (χ3v) is 4.90. The molecule has 0 bridgehead atoms. The molecule has 0 unspecified atom stereocenters. The Balaban J connectivity index is 1.58. The van der Waals surface area contributed by atoms with E-state index in [1.807, 2.05) is 20.8 Å². The average molecular weight is 405 g/mol. The highest BCUT2D eigenvalue weighted by Gasteiger charge is 2.24. The number of hydrogen-bond donors (Lipinski definition) is 1. The van der Waals surface area contributed by atoms with Gasteiger partial charge in [0, 0.05) is 48.2 Å². The summed E-state index contributed by atoms with van der Waals surface area (Å²) in [6.45, 7) is 8.14. The lowest BCUT2D eigenvalue weighted by atomic mass is 9.93. The maximum Gasteiger partial charge on any atom is 0.323 e. The summed E-state index contributed by atoms with van der Waals surface area (Å²) in [4.78, 5) is 28.7. The van der Waals surface area contributed by atoms with Crippen molar-refractivity contribution in [1.29, 1.82) is 0 Å². The second-order valence-corrected chi connectivity index (χ2v) is 8.33. The zero-order valence-corrected chi connectivity index (χ0v) is 17.1. The van der Waals surface area contributed by atoms with Crippen LogP contribution < -0.4 is 5.32 Å². The van der Waals surface area contributed by atoms with E-state index in [9.17, 15) is 9.59 Å². The lowest BCUT2D eigenvalue weighted by molar-refractivity contribution is 0.0762. The van der Waals surface area contributed by atoms with E-state index in [1.54, 1.807) is 40.1 Å². The Kier molecular flexibility index (Phi) is 5.93. The molecule has 3 rings (SSSR count). The molecule has 1 N–H and O–H groups in total. The fraction of sp³-hybridized carbons (Fsp3) is 0.450. The Morgan fingerprint density at radius 2 is 1.71 bits per heavy atom. The molecule has 0 radical (unpaired) electrons. The molecule has 1 fully saturated rings. The van der Waals surface area contributed by atoms with Crippen LogP contribution in [0.2, 0.25) is 5.02 Å². The Morgan fingerprint density at radius 1 is 1.07 bits per heavy atom. The molecule has 2 aromatic rings. The van der Waals surface area contributed by atoms with Crippen LogP contribution in [0.25, 0.3) is 0 Å². The number of carbonyl (C=O) groups is 2. The highest BCUT2D eigenvalue weighted by molar-refractivity contribution is 6.30. The molecular formula is C20H25ClN4O3. The first-order chi connectivity index (χ1) is 13.2. The quantitative estimate of drug-likeness (QED) is 0.820. The predicted octanol–water partition coefficient (Wildman–Crippen LogP) is 4.01. The second kappa shape index (κ2) is 8.22. The summed E-state index contributed by atoms with van der Waals surface area (Å²) < 4.78 is 5.30. The molecule has 28 heavy (non-hydrogen) atoms. The molecule has 1 saturated heterocycles. The molecule has 1 aromatic heterocycles. The molecule has 1 aromatic carbocycles. The summed E-state index contributed by atoms with van der Waals surface area (Å²) in [6, 6.07) is 8.35. The van der Waals surface area contributed by atoms with Crippen molar-refractivity contribution in [2.75, 3.05) is 31.5 Å². The van der Waals surface area contributed by atoms with Gasteiger partial charge in [0.25, 0.3) is 5.91 Å². The largest absolute Gasteiger partial charge is 0.359 e. The average Bonchev–Trinajstić information content (AvgIpc) is 2.98. The van der Waals surface area contributed by atoms with E-state index in [4.69, 9.17) is 16.1 Å². The Hall–Kier alpha value is -2.54. The lowest BCUT2D eigenvalue weighted by Crippen LogP contribution is -2.39. The number of hydrogen-bond acceptors (Lipinski definition) is 4. The number of carbonyl (C=O) groups excluding carboxylic acids is 2. The minimum Gasteiger partial charge on any atom is -0.359 e. The zero-order valence-electron chi connectivity index (χ0n) is 16.4. The van der Waals surface area contributed by atoms with E-state index in [1.165, 1.54) is 0 Å². The van der Waals surface area contributed by atoms with E-state index in [0.29, 0.717) is 54.8 Å². The SMILES string of the molecule is CC(C)(C)c1cc(NC(=O)N2CCCN(C(=O)c3ccc(Cl)cc3)CC2)no1. The first-order valence-corrected chi connectivity index (χ1v) is 9.70. The van der Waals surface area contributed by atoms with Gasteiger partial charge < -0.3 is 14.3 Å². The van der Waals surface area contributed by atoms with Crippen molar-refractivity contribution in [3.05, 3.63) is 46.7 Å². The number of aromatic nitrogens is 1. The highest BCUT2D eigenvalue weighted by Crippen LogP contribution is 2.24. The molecule has 3 amide bonds. The fourth-order valence-electron chi connectivity index (χ4n) is 2.97. The Morgan fingerprint density at radius 3 is 2.36 bits per heavy atom. The van der Waals surface area contributed by atoms with Crippen LogP contribution in [0.4, 0.5) is 10.6 Å². The molecule has 8 heteroatoms. The van der Waals surface area contributed by atoms with Gasteiger partial charge in [0.15, 0.2) is 5.82 Å². The van der Waals surface area contributed by atoms with Crippen LogP contribution in [0.15, 0.2) is 34.9 Å². The molecule has 0 atom stereocenters. The van der Waals surface area contributed by atoms with Gasteiger partial charge in [-0.25, -0.2) is 4.79 Å². The van der Waals surface area contributed by atoms with Gasteiger partial charge in [-0.2, -0.15) is 0 Å². The van der Waals surface area contributed by atoms with Gasteiger partial charge in [-0.3, -0.25) is 10.1 Å². The number of urea groups is 1. The van der Waals surface area contributed by atoms with Crippen molar-refractivity contribution in [1.82, 2.24) is 15.0 Å². The summed E-state index contributed by atoms with van der Waals surface area (Å²) in [6.07, 6.45) is 0.707. The highest BCUT2D eigenvalue weighted by atomic mass is 35.5. The molecule has 0 saturated carbocycles. The smallest absolute Gasteiger partial charge is 0.323 e. The summed E-state index contributed by atoms with van der Waals surface area (Å²) in [5.74, 6) is 1.05. The fourth-order valence-corrected chi connectivity index (χ4v) is 3.10. The van der Waals surface area contributed by atoms with Gasteiger partial charge in [0.05, 0.1) is 0 Å². The van der Waals surface area contributed by atoms with Crippen molar-refractivity contribution < 1.29 is 14.1 Å². The van der Waals surface area contributed by atoms with Crippen molar-refractivity contribution in [2.24, 2.45) is 0 Å². The van der Waals surface area contributed by atoms with E-state index in [-0.39, 0.29) is 17.4 Å². The summed E-state index contributed by atoms with van der Waals surface area (Å²) in [5, 5.41) is 7.29. The number of benzene rings is 1. The summed E-state index contributed by atoms with van der Waals surface area (Å²) in [5.41, 5.74) is 0.417. The normalized spacial score (nSPS) is 15.3. The van der Waals surface area contributed by atoms with Crippen molar-refractivity contribution in [2.45, 2.75) is 32.6 Å². The van der Waals surface area contributed by atoms with Crippen molar-refractivity contribution >= 4 is 29.4 Å². The minimum absolute atomic E-state index is 0.0507. The van der Waals surface area contributed by atoms with Crippen LogP contribution in [-0.2, 0) is 5.41 Å². The molecule has 150 valence electrons. The van der Waals surface area contributed by atoms with Crippen LogP contribution in [0, 0.1) is 0 Å².